The maximum atomic E-state index is 12.3. The summed E-state index contributed by atoms with van der Waals surface area (Å²) in [6.45, 7) is 0. The number of allylic oxidation sites excluding steroid dienone is 4. The second kappa shape index (κ2) is 4.78. The van der Waals surface area contributed by atoms with Crippen molar-refractivity contribution in [2.45, 2.75) is 6.42 Å². The van der Waals surface area contributed by atoms with Crippen LogP contribution in [0.1, 0.15) is 6.42 Å². The lowest BCUT2D eigenvalue weighted by Gasteiger charge is -2.33. The minimum absolute atomic E-state index is 0.180. The highest BCUT2D eigenvalue weighted by Gasteiger charge is 2.38. The fourth-order valence-corrected chi connectivity index (χ4v) is 3.44. The summed E-state index contributed by atoms with van der Waals surface area (Å²) < 4.78 is 0. The summed E-state index contributed by atoms with van der Waals surface area (Å²) in [6, 6.07) is 0. The Morgan fingerprint density at radius 2 is 1.95 bits per heavy atom. The first-order valence-corrected chi connectivity index (χ1v) is 6.87. The van der Waals surface area contributed by atoms with Crippen LogP contribution in [0, 0.1) is 0 Å². The maximum absolute atomic E-state index is 12.3. The molecule has 0 aromatic rings. The minimum atomic E-state index is -1.38. The highest BCUT2D eigenvalue weighted by atomic mass is 32.2. The third-order valence-electron chi connectivity index (χ3n) is 3.25. The van der Waals surface area contributed by atoms with Gasteiger partial charge in [-0.05, 0) is 12.2 Å². The molecule has 2 heterocycles. The quantitative estimate of drug-likeness (QED) is 0.800. The molecule has 0 fully saturated rings. The molecule has 0 saturated carbocycles. The van der Waals surface area contributed by atoms with Crippen molar-refractivity contribution in [3.8, 4) is 0 Å². The number of thioether (sulfide) groups is 1. The first-order chi connectivity index (χ1) is 10.0. The van der Waals surface area contributed by atoms with Crippen molar-refractivity contribution in [1.82, 2.24) is 4.90 Å². The Morgan fingerprint density at radius 1 is 1.19 bits per heavy atom. The molecule has 0 radical (unpaired) electrons. The van der Waals surface area contributed by atoms with E-state index in [1.807, 2.05) is 0 Å². The molecule has 0 atom stereocenters. The van der Waals surface area contributed by atoms with Crippen LogP contribution in [0.4, 0.5) is 0 Å². The molecular formula is C14H9NO5S. The number of hydrogen-bond donors (Lipinski definition) is 2. The molecule has 3 aliphatic rings. The fraction of sp³-hybridized carbons (Fsp3) is 0.0714. The molecule has 0 aromatic heterocycles. The average Bonchev–Trinajstić information content (AvgIpc) is 2.45. The van der Waals surface area contributed by atoms with E-state index in [-0.39, 0.29) is 21.7 Å². The van der Waals surface area contributed by atoms with E-state index in [0.717, 1.165) is 17.5 Å². The van der Waals surface area contributed by atoms with E-state index in [2.05, 4.69) is 0 Å². The first-order valence-electron chi connectivity index (χ1n) is 5.99. The Kier molecular flexibility index (Phi) is 3.06. The lowest BCUT2D eigenvalue weighted by Crippen LogP contribution is -2.32. The van der Waals surface area contributed by atoms with Crippen molar-refractivity contribution >= 4 is 29.5 Å². The lowest BCUT2D eigenvalue weighted by molar-refractivity contribution is -0.136. The zero-order chi connectivity index (χ0) is 15.1. The van der Waals surface area contributed by atoms with Crippen molar-refractivity contribution < 1.29 is 24.6 Å². The summed E-state index contributed by atoms with van der Waals surface area (Å²) in [6.07, 6.45) is 6.56. The monoisotopic (exact) mass is 303 g/mol. The number of carboxylic acids is 2. The summed E-state index contributed by atoms with van der Waals surface area (Å²) in [5.74, 6) is -3.12. The van der Waals surface area contributed by atoms with Gasteiger partial charge in [0.2, 0.25) is 0 Å². The summed E-state index contributed by atoms with van der Waals surface area (Å²) in [5, 5.41) is 20.2. The Morgan fingerprint density at radius 3 is 2.62 bits per heavy atom. The van der Waals surface area contributed by atoms with Gasteiger partial charge < -0.3 is 15.1 Å². The average molecular weight is 303 g/mol. The van der Waals surface area contributed by atoms with Crippen molar-refractivity contribution in [2.75, 3.05) is 0 Å². The molecule has 0 saturated heterocycles. The lowest BCUT2D eigenvalue weighted by atomic mass is 9.93. The van der Waals surface area contributed by atoms with Gasteiger partial charge in [0, 0.05) is 18.0 Å². The summed E-state index contributed by atoms with van der Waals surface area (Å²) in [5.41, 5.74) is 0.297. The van der Waals surface area contributed by atoms with Gasteiger partial charge in [0.15, 0.2) is 5.78 Å². The van der Waals surface area contributed by atoms with Gasteiger partial charge in [-0.15, -0.1) is 0 Å². The van der Waals surface area contributed by atoms with Crippen LogP contribution in [-0.4, -0.2) is 32.8 Å². The first kappa shape index (κ1) is 13.4. The van der Waals surface area contributed by atoms with Crippen LogP contribution in [-0.2, 0) is 14.4 Å². The largest absolute Gasteiger partial charge is 0.478 e. The molecule has 3 rings (SSSR count). The van der Waals surface area contributed by atoms with Crippen molar-refractivity contribution in [3.05, 3.63) is 57.3 Å². The van der Waals surface area contributed by atoms with E-state index < -0.39 is 24.1 Å². The number of hydrogen-bond acceptors (Lipinski definition) is 5. The van der Waals surface area contributed by atoms with Gasteiger partial charge in [-0.3, -0.25) is 4.79 Å². The number of carbonyl (C=O) groups is 3. The van der Waals surface area contributed by atoms with Crippen LogP contribution in [0.2, 0.25) is 0 Å². The Hall–Kier alpha value is -2.54. The predicted octanol–water partition coefficient (Wildman–Crippen LogP) is 1.61. The topological polar surface area (TPSA) is 94.9 Å². The molecule has 21 heavy (non-hydrogen) atoms. The van der Waals surface area contributed by atoms with Crippen LogP contribution < -0.4 is 0 Å². The van der Waals surface area contributed by atoms with Gasteiger partial charge in [0.05, 0.1) is 21.7 Å². The van der Waals surface area contributed by atoms with Crippen molar-refractivity contribution in [1.29, 1.82) is 0 Å². The van der Waals surface area contributed by atoms with Crippen LogP contribution >= 0.6 is 11.8 Å². The molecule has 0 bridgehead atoms. The number of carboxylic acid groups (broad SMARTS) is 2. The molecule has 0 unspecified atom stereocenters. The molecule has 0 aromatic carbocycles. The van der Waals surface area contributed by atoms with Gasteiger partial charge >= 0.3 is 11.9 Å². The van der Waals surface area contributed by atoms with Gasteiger partial charge in [0.25, 0.3) is 0 Å². The van der Waals surface area contributed by atoms with Gasteiger partial charge in [-0.1, -0.05) is 17.8 Å². The predicted molar refractivity (Wildman–Crippen MR) is 74.7 cm³/mol. The third-order valence-corrected chi connectivity index (χ3v) is 4.24. The number of aliphatic carboxylic acids is 2. The molecule has 6 nitrogen and oxygen atoms in total. The Bertz CT molecular complexity index is 738. The number of fused-ring (bicyclic) bond motifs is 2. The second-order valence-electron chi connectivity index (χ2n) is 4.47. The van der Waals surface area contributed by atoms with E-state index in [9.17, 15) is 19.5 Å². The van der Waals surface area contributed by atoms with Crippen LogP contribution in [0.3, 0.4) is 0 Å². The van der Waals surface area contributed by atoms with Gasteiger partial charge in [-0.2, -0.15) is 0 Å². The Balaban J connectivity index is 2.21. The van der Waals surface area contributed by atoms with Gasteiger partial charge in [0.1, 0.15) is 5.70 Å². The van der Waals surface area contributed by atoms with E-state index in [1.165, 1.54) is 0 Å². The zero-order valence-corrected chi connectivity index (χ0v) is 11.4. The molecule has 2 N–H and O–H groups in total. The molecular weight excluding hydrogens is 294 g/mol. The van der Waals surface area contributed by atoms with E-state index in [4.69, 9.17) is 5.11 Å². The summed E-state index contributed by atoms with van der Waals surface area (Å²) >= 11 is 1.06. The molecule has 2 aliphatic heterocycles. The van der Waals surface area contributed by atoms with Crippen molar-refractivity contribution in [2.24, 2.45) is 0 Å². The van der Waals surface area contributed by atoms with E-state index in [1.54, 1.807) is 34.7 Å². The fourth-order valence-electron chi connectivity index (χ4n) is 2.36. The molecule has 7 heteroatoms. The van der Waals surface area contributed by atoms with Crippen LogP contribution in [0.25, 0.3) is 0 Å². The number of Topliss-reactive ketones (excluding diaryl/α,β-unsaturated/α-hetero) is 1. The number of carbonyl (C=O) groups excluding carboxylic acids is 1. The normalized spacial score (nSPS) is 20.3. The SMILES string of the molecule is O=C(O)C1=C(C(=O)O)C2=C(C(=O)C1)N1C=CC=CC1=CS2. The van der Waals surface area contributed by atoms with E-state index in [0.29, 0.717) is 0 Å². The summed E-state index contributed by atoms with van der Waals surface area (Å²) in [7, 11) is 0. The van der Waals surface area contributed by atoms with Crippen LogP contribution in [0.5, 0.6) is 0 Å². The van der Waals surface area contributed by atoms with E-state index >= 15 is 0 Å². The standard InChI is InChI=1S/C14H9NO5S/c16-9-5-8(13(17)18)10(14(19)20)12-11(9)15-4-2-1-3-7(15)6-21-12/h1-4,6H,5H2,(H,17,18)(H,19,20). The third kappa shape index (κ3) is 2.02. The highest BCUT2D eigenvalue weighted by molar-refractivity contribution is 8.06. The highest BCUT2D eigenvalue weighted by Crippen LogP contribution is 2.43. The molecule has 0 spiro atoms. The maximum Gasteiger partial charge on any atom is 0.337 e. The van der Waals surface area contributed by atoms with Crippen molar-refractivity contribution in [3.63, 3.8) is 0 Å². The molecule has 106 valence electrons. The smallest absolute Gasteiger partial charge is 0.337 e. The minimum Gasteiger partial charge on any atom is -0.478 e. The van der Waals surface area contributed by atoms with Crippen LogP contribution in [0.15, 0.2) is 57.3 Å². The number of rotatable bonds is 2. The number of nitrogens with zero attached hydrogens (tertiary/aromatic N) is 1. The molecule has 1 aliphatic carbocycles. The van der Waals surface area contributed by atoms with Gasteiger partial charge in [-0.25, -0.2) is 9.59 Å². The molecule has 0 amide bonds. The number of ketones is 1. The second-order valence-corrected chi connectivity index (χ2v) is 5.35. The zero-order valence-electron chi connectivity index (χ0n) is 10.6. The Labute approximate surface area is 123 Å². The summed E-state index contributed by atoms with van der Waals surface area (Å²) in [4.78, 5) is 36.7.